The molecule has 0 saturated carbocycles. The highest BCUT2D eigenvalue weighted by molar-refractivity contribution is 5.75. The maximum absolute atomic E-state index is 4.61. The lowest BCUT2D eigenvalue weighted by molar-refractivity contribution is 0.822. The average molecular weight is 288 g/mol. The topological polar surface area (TPSA) is 16.1 Å². The van der Waals surface area contributed by atoms with Crippen LogP contribution < -0.4 is 4.90 Å². The Morgan fingerprint density at radius 3 is 1.64 bits per heavy atom. The van der Waals surface area contributed by atoms with Crippen molar-refractivity contribution in [2.24, 2.45) is 0 Å². The highest BCUT2D eigenvalue weighted by Gasteiger charge is 2.12. The van der Waals surface area contributed by atoms with Gasteiger partial charge in [-0.3, -0.25) is 4.98 Å². The molecule has 0 amide bonds. The lowest BCUT2D eigenvalue weighted by Crippen LogP contribution is -2.10. The second-order valence-corrected chi connectivity index (χ2v) is 5.60. The molecule has 2 heteroatoms. The van der Waals surface area contributed by atoms with Crippen molar-refractivity contribution in [3.05, 3.63) is 84.7 Å². The summed E-state index contributed by atoms with van der Waals surface area (Å²) in [6, 6.07) is 25.0. The largest absolute Gasteiger partial charge is 0.309 e. The van der Waals surface area contributed by atoms with Crippen molar-refractivity contribution in [1.82, 2.24) is 4.98 Å². The number of anilines is 3. The molecule has 0 aliphatic carbocycles. The van der Waals surface area contributed by atoms with E-state index < -0.39 is 0 Å². The first kappa shape index (κ1) is 14.3. The Balaban J connectivity index is 2.06. The van der Waals surface area contributed by atoms with E-state index in [1.807, 2.05) is 18.3 Å². The maximum Gasteiger partial charge on any atom is 0.0645 e. The van der Waals surface area contributed by atoms with Crippen molar-refractivity contribution in [3.63, 3.8) is 0 Å². The van der Waals surface area contributed by atoms with Crippen LogP contribution in [0.4, 0.5) is 17.1 Å². The number of aromatic nitrogens is 1. The molecule has 0 aliphatic rings. The fraction of sp³-hybridized carbons (Fsp3) is 0.150. The zero-order valence-electron chi connectivity index (χ0n) is 13.0. The third kappa shape index (κ3) is 3.01. The summed E-state index contributed by atoms with van der Waals surface area (Å²) in [5.74, 6) is 0.441. The molecule has 0 atom stereocenters. The lowest BCUT2D eigenvalue weighted by Gasteiger charge is -2.25. The van der Waals surface area contributed by atoms with Gasteiger partial charge in [-0.25, -0.2) is 0 Å². The Kier molecular flexibility index (Phi) is 4.19. The summed E-state index contributed by atoms with van der Waals surface area (Å²) in [6.07, 6.45) is 1.95. The van der Waals surface area contributed by atoms with Crippen molar-refractivity contribution < 1.29 is 0 Å². The van der Waals surface area contributed by atoms with E-state index in [-0.39, 0.29) is 0 Å². The molecule has 3 aromatic rings. The van der Waals surface area contributed by atoms with Gasteiger partial charge < -0.3 is 4.90 Å². The van der Waals surface area contributed by atoms with Gasteiger partial charge in [-0.2, -0.15) is 0 Å². The highest BCUT2D eigenvalue weighted by atomic mass is 15.1. The lowest BCUT2D eigenvalue weighted by atomic mass is 10.1. The number of pyridine rings is 1. The van der Waals surface area contributed by atoms with Crippen molar-refractivity contribution in [3.8, 4) is 0 Å². The van der Waals surface area contributed by atoms with Gasteiger partial charge in [0.1, 0.15) is 0 Å². The van der Waals surface area contributed by atoms with Crippen LogP contribution >= 0.6 is 0 Å². The van der Waals surface area contributed by atoms with Gasteiger partial charge in [0.2, 0.25) is 0 Å². The fourth-order valence-corrected chi connectivity index (χ4v) is 2.47. The fourth-order valence-electron chi connectivity index (χ4n) is 2.47. The summed E-state index contributed by atoms with van der Waals surface area (Å²) >= 11 is 0. The molecule has 0 N–H and O–H groups in total. The van der Waals surface area contributed by atoms with Crippen LogP contribution in [0.5, 0.6) is 0 Å². The molecule has 22 heavy (non-hydrogen) atoms. The van der Waals surface area contributed by atoms with Crippen LogP contribution in [0, 0.1) is 0 Å². The second kappa shape index (κ2) is 6.44. The third-order valence-corrected chi connectivity index (χ3v) is 3.65. The average Bonchev–Trinajstić information content (AvgIpc) is 2.57. The Morgan fingerprint density at radius 1 is 0.682 bits per heavy atom. The quantitative estimate of drug-likeness (QED) is 0.614. The maximum atomic E-state index is 4.61. The van der Waals surface area contributed by atoms with Crippen molar-refractivity contribution in [2.75, 3.05) is 4.90 Å². The smallest absolute Gasteiger partial charge is 0.0645 e. The standard InChI is InChI=1S/C20H20N2/c1-16(2)20-14-13-19(15-21-20)22(17-9-5-3-6-10-17)18-11-7-4-8-12-18/h3-16H,1-2H3. The normalized spacial score (nSPS) is 10.7. The molecule has 1 aromatic heterocycles. The molecule has 0 aliphatic heterocycles. The number of rotatable bonds is 4. The second-order valence-electron chi connectivity index (χ2n) is 5.60. The molecular weight excluding hydrogens is 268 g/mol. The van der Waals surface area contributed by atoms with Crippen LogP contribution in [0.25, 0.3) is 0 Å². The summed E-state index contributed by atoms with van der Waals surface area (Å²) in [7, 11) is 0. The van der Waals surface area contributed by atoms with E-state index in [4.69, 9.17) is 0 Å². The van der Waals surface area contributed by atoms with Crippen molar-refractivity contribution >= 4 is 17.1 Å². The molecule has 2 aromatic carbocycles. The van der Waals surface area contributed by atoms with Crippen LogP contribution in [0.1, 0.15) is 25.5 Å². The highest BCUT2D eigenvalue weighted by Crippen LogP contribution is 2.33. The molecule has 0 saturated heterocycles. The first-order valence-corrected chi connectivity index (χ1v) is 7.62. The Bertz CT molecular complexity index is 664. The van der Waals surface area contributed by atoms with E-state index in [0.29, 0.717) is 5.92 Å². The summed E-state index contributed by atoms with van der Waals surface area (Å²) in [5, 5.41) is 0. The Morgan fingerprint density at radius 2 is 1.23 bits per heavy atom. The van der Waals surface area contributed by atoms with Gasteiger partial charge in [-0.15, -0.1) is 0 Å². The Labute approximate surface area is 132 Å². The summed E-state index contributed by atoms with van der Waals surface area (Å²) in [6.45, 7) is 4.32. The minimum Gasteiger partial charge on any atom is -0.309 e. The zero-order valence-corrected chi connectivity index (χ0v) is 13.0. The predicted molar refractivity (Wildman–Crippen MR) is 93.0 cm³/mol. The number of hydrogen-bond acceptors (Lipinski definition) is 2. The van der Waals surface area contributed by atoms with E-state index in [0.717, 1.165) is 22.8 Å². The van der Waals surface area contributed by atoms with Crippen LogP contribution in [0.15, 0.2) is 79.0 Å². The van der Waals surface area contributed by atoms with Gasteiger partial charge in [-0.05, 0) is 42.3 Å². The number of nitrogens with zero attached hydrogens (tertiary/aromatic N) is 2. The zero-order chi connectivity index (χ0) is 15.4. The molecule has 1 heterocycles. The first-order chi connectivity index (χ1) is 10.8. The molecule has 0 fully saturated rings. The van der Waals surface area contributed by atoms with Gasteiger partial charge in [0.15, 0.2) is 0 Å². The summed E-state index contributed by atoms with van der Waals surface area (Å²) in [4.78, 5) is 6.83. The van der Waals surface area contributed by atoms with Gasteiger partial charge in [0.05, 0.1) is 11.9 Å². The van der Waals surface area contributed by atoms with Gasteiger partial charge >= 0.3 is 0 Å². The summed E-state index contributed by atoms with van der Waals surface area (Å²) in [5.41, 5.74) is 4.45. The molecule has 0 radical (unpaired) electrons. The van der Waals surface area contributed by atoms with Crippen LogP contribution in [0.3, 0.4) is 0 Å². The molecular formula is C20H20N2. The van der Waals surface area contributed by atoms with Crippen molar-refractivity contribution in [2.45, 2.75) is 19.8 Å². The molecule has 110 valence electrons. The minimum absolute atomic E-state index is 0.441. The van der Waals surface area contributed by atoms with Crippen molar-refractivity contribution in [1.29, 1.82) is 0 Å². The summed E-state index contributed by atoms with van der Waals surface area (Å²) < 4.78 is 0. The van der Waals surface area contributed by atoms with Gasteiger partial charge in [0, 0.05) is 17.1 Å². The van der Waals surface area contributed by atoms with E-state index in [1.165, 1.54) is 0 Å². The number of benzene rings is 2. The van der Waals surface area contributed by atoms with E-state index >= 15 is 0 Å². The van der Waals surface area contributed by atoms with Crippen LogP contribution in [0.2, 0.25) is 0 Å². The van der Waals surface area contributed by atoms with E-state index in [1.54, 1.807) is 0 Å². The van der Waals surface area contributed by atoms with Crippen LogP contribution in [-0.2, 0) is 0 Å². The molecule has 0 unspecified atom stereocenters. The third-order valence-electron chi connectivity index (χ3n) is 3.65. The number of hydrogen-bond donors (Lipinski definition) is 0. The molecule has 0 bridgehead atoms. The molecule has 3 rings (SSSR count). The Hall–Kier alpha value is -2.61. The first-order valence-electron chi connectivity index (χ1n) is 7.62. The van der Waals surface area contributed by atoms with E-state index in [2.05, 4.69) is 84.4 Å². The monoisotopic (exact) mass is 288 g/mol. The minimum atomic E-state index is 0.441. The van der Waals surface area contributed by atoms with Gasteiger partial charge in [-0.1, -0.05) is 50.2 Å². The van der Waals surface area contributed by atoms with Gasteiger partial charge in [0.25, 0.3) is 0 Å². The predicted octanol–water partition coefficient (Wildman–Crippen LogP) is 5.67. The van der Waals surface area contributed by atoms with Crippen LogP contribution in [-0.4, -0.2) is 4.98 Å². The molecule has 0 spiro atoms. The SMILES string of the molecule is CC(C)c1ccc(N(c2ccccc2)c2ccccc2)cn1. The molecule has 2 nitrogen and oxygen atoms in total. The van der Waals surface area contributed by atoms with E-state index in [9.17, 15) is 0 Å². The number of para-hydroxylation sites is 2.